The number of anilines is 2. The van der Waals surface area contributed by atoms with Crippen LogP contribution < -0.4 is 19.3 Å². The second kappa shape index (κ2) is 8.98. The quantitative estimate of drug-likeness (QED) is 0.132. The number of imide groups is 1. The molecular weight excluding hydrogens is 530 g/mol. The average Bonchev–Trinajstić information content (AvgIpc) is 3.64. The highest BCUT2D eigenvalue weighted by Crippen LogP contribution is 2.65. The van der Waals surface area contributed by atoms with Crippen LogP contribution in [0.25, 0.3) is 0 Å². The number of carbonyl (C=O) groups is 4. The Morgan fingerprint density at radius 3 is 2.24 bits per heavy atom. The van der Waals surface area contributed by atoms with Crippen LogP contribution in [-0.4, -0.2) is 42.3 Å². The summed E-state index contributed by atoms with van der Waals surface area (Å²) < 4.78 is 10.9. The summed E-state index contributed by atoms with van der Waals surface area (Å²) in [7, 11) is 1.35. The molecule has 8 rings (SSSR count). The van der Waals surface area contributed by atoms with Crippen LogP contribution in [0, 0.1) is 58.5 Å². The number of methoxy groups -OCH3 is 1. The van der Waals surface area contributed by atoms with Crippen molar-refractivity contribution in [2.24, 2.45) is 41.4 Å². The molecular formula is C30H27N3O8. The summed E-state index contributed by atoms with van der Waals surface area (Å²) in [4.78, 5) is 66.0. The molecule has 0 N–H and O–H groups in total. The summed E-state index contributed by atoms with van der Waals surface area (Å²) in [5.41, 5.74) is 1.28. The number of benzene rings is 2. The maximum Gasteiger partial charge on any atom is 0.316 e. The molecule has 4 fully saturated rings. The fourth-order valence-electron chi connectivity index (χ4n) is 7.44. The Kier molecular flexibility index (Phi) is 5.57. The molecule has 0 spiro atoms. The molecule has 2 aromatic carbocycles. The molecule has 7 atom stereocenters. The summed E-state index contributed by atoms with van der Waals surface area (Å²) in [5.74, 6) is -0.881. The van der Waals surface area contributed by atoms with Crippen LogP contribution >= 0.6 is 0 Å². The molecule has 2 heterocycles. The Hall–Kier alpha value is -4.54. The summed E-state index contributed by atoms with van der Waals surface area (Å²) in [5, 5.41) is 11.1. The third-order valence-electron chi connectivity index (χ3n) is 9.41. The second-order valence-corrected chi connectivity index (χ2v) is 11.6. The van der Waals surface area contributed by atoms with Crippen molar-refractivity contribution in [3.8, 4) is 11.5 Å². The first-order chi connectivity index (χ1) is 19.7. The van der Waals surface area contributed by atoms with Crippen molar-refractivity contribution in [2.45, 2.75) is 19.8 Å². The standard InChI is InChI=1S/C30H27N3O8/c1-14-9-17(4-8-22(14)32-28(35)26-18-5-6-19(21-12-20(18)21)27(26)29(32)36)41-30(37)15-10-25(34)31(13-15)23-7-3-16(33(38)39)11-24(23)40-2/h3-9,11,15,18-21,26-27H,10,12-13H2,1-2H3/t15-,18+,19+,20-,21+,26-,27+/m1/s1. The topological polar surface area (TPSA) is 136 Å². The summed E-state index contributed by atoms with van der Waals surface area (Å²) in [6.07, 6.45) is 5.28. The number of aryl methyl sites for hydroxylation is 1. The number of nitro benzene ring substituents is 1. The lowest BCUT2D eigenvalue weighted by Crippen LogP contribution is -2.40. The van der Waals surface area contributed by atoms with E-state index in [1.807, 2.05) is 0 Å². The van der Waals surface area contributed by atoms with Crippen molar-refractivity contribution in [1.29, 1.82) is 0 Å². The lowest BCUT2D eigenvalue weighted by atomic mass is 9.63. The lowest BCUT2D eigenvalue weighted by molar-refractivity contribution is -0.384. The Morgan fingerprint density at radius 1 is 0.976 bits per heavy atom. The van der Waals surface area contributed by atoms with E-state index in [4.69, 9.17) is 9.47 Å². The molecule has 4 aliphatic carbocycles. The highest BCUT2D eigenvalue weighted by Gasteiger charge is 2.67. The number of rotatable bonds is 6. The second-order valence-electron chi connectivity index (χ2n) is 11.6. The van der Waals surface area contributed by atoms with E-state index in [9.17, 15) is 29.3 Å². The minimum Gasteiger partial charge on any atom is -0.494 e. The van der Waals surface area contributed by atoms with Gasteiger partial charge in [0.1, 0.15) is 11.5 Å². The van der Waals surface area contributed by atoms with Gasteiger partial charge in [-0.25, -0.2) is 4.90 Å². The summed E-state index contributed by atoms with van der Waals surface area (Å²) in [6.45, 7) is 1.79. The third kappa shape index (κ3) is 3.78. The number of carbonyl (C=O) groups excluding carboxylic acids is 4. The molecule has 2 aliphatic heterocycles. The van der Waals surface area contributed by atoms with Crippen LogP contribution in [0.5, 0.6) is 11.5 Å². The van der Waals surface area contributed by atoms with E-state index in [1.165, 1.54) is 35.1 Å². The van der Waals surface area contributed by atoms with Gasteiger partial charge in [-0.1, -0.05) is 12.2 Å². The molecule has 3 amide bonds. The highest BCUT2D eigenvalue weighted by molar-refractivity contribution is 6.23. The van der Waals surface area contributed by atoms with Gasteiger partial charge >= 0.3 is 5.97 Å². The largest absolute Gasteiger partial charge is 0.494 e. The number of hydrogen-bond acceptors (Lipinski definition) is 8. The van der Waals surface area contributed by atoms with E-state index in [1.54, 1.807) is 25.1 Å². The highest BCUT2D eigenvalue weighted by atomic mass is 16.6. The fraction of sp³-hybridized carbons (Fsp3) is 0.400. The van der Waals surface area contributed by atoms with Crippen molar-refractivity contribution in [3.05, 3.63) is 64.2 Å². The van der Waals surface area contributed by atoms with Crippen molar-refractivity contribution in [1.82, 2.24) is 0 Å². The molecule has 0 radical (unpaired) electrons. The maximum atomic E-state index is 13.5. The SMILES string of the molecule is COc1cc([N+](=O)[O-])ccc1N1C[C@H](C(=O)Oc2ccc(N3C(=O)[C@@H]4[C@H]5C=C[C@@H]([C@@H]6C[C@H]56)[C@@H]4C3=O)c(C)c2)CC1=O. The van der Waals surface area contributed by atoms with Crippen LogP contribution in [-0.2, 0) is 19.2 Å². The van der Waals surface area contributed by atoms with E-state index >= 15 is 0 Å². The normalized spacial score (nSPS) is 30.9. The van der Waals surface area contributed by atoms with Gasteiger partial charge in [0, 0.05) is 19.0 Å². The number of allylic oxidation sites excluding steroid dienone is 2. The first-order valence-electron chi connectivity index (χ1n) is 13.7. The van der Waals surface area contributed by atoms with Gasteiger partial charge in [0.05, 0.1) is 47.2 Å². The van der Waals surface area contributed by atoms with E-state index in [0.29, 0.717) is 28.8 Å². The number of non-ortho nitro benzene ring substituents is 1. The molecule has 0 aromatic heterocycles. The van der Waals surface area contributed by atoms with Crippen molar-refractivity contribution in [2.75, 3.05) is 23.5 Å². The van der Waals surface area contributed by atoms with Crippen molar-refractivity contribution in [3.63, 3.8) is 0 Å². The molecule has 11 nitrogen and oxygen atoms in total. The Morgan fingerprint density at radius 2 is 1.63 bits per heavy atom. The zero-order valence-corrected chi connectivity index (χ0v) is 22.4. The lowest BCUT2D eigenvalue weighted by Gasteiger charge is -2.37. The number of nitro groups is 1. The molecule has 2 saturated carbocycles. The first-order valence-corrected chi connectivity index (χ1v) is 13.7. The zero-order chi connectivity index (χ0) is 28.7. The first kappa shape index (κ1) is 25.4. The van der Waals surface area contributed by atoms with Gasteiger partial charge in [0.2, 0.25) is 17.7 Å². The van der Waals surface area contributed by atoms with Crippen LogP contribution in [0.2, 0.25) is 0 Å². The van der Waals surface area contributed by atoms with Crippen LogP contribution in [0.15, 0.2) is 48.6 Å². The monoisotopic (exact) mass is 557 g/mol. The number of ether oxygens (including phenoxy) is 2. The van der Waals surface area contributed by atoms with Gasteiger partial charge in [-0.15, -0.1) is 0 Å². The molecule has 11 heteroatoms. The number of hydrogen-bond donors (Lipinski definition) is 0. The van der Waals surface area contributed by atoms with E-state index < -0.39 is 16.8 Å². The smallest absolute Gasteiger partial charge is 0.316 e. The Balaban J connectivity index is 1.06. The maximum absolute atomic E-state index is 13.5. The fourth-order valence-corrected chi connectivity index (χ4v) is 7.44. The predicted molar refractivity (Wildman–Crippen MR) is 144 cm³/mol. The molecule has 41 heavy (non-hydrogen) atoms. The van der Waals surface area contributed by atoms with E-state index in [0.717, 1.165) is 6.42 Å². The molecule has 0 unspecified atom stereocenters. The third-order valence-corrected chi connectivity index (χ3v) is 9.41. The van der Waals surface area contributed by atoms with Crippen LogP contribution in [0.4, 0.5) is 17.1 Å². The zero-order valence-electron chi connectivity index (χ0n) is 22.4. The van der Waals surface area contributed by atoms with Gasteiger partial charge in [0.25, 0.3) is 5.69 Å². The van der Waals surface area contributed by atoms with Gasteiger partial charge in [0.15, 0.2) is 0 Å². The number of nitrogens with zero attached hydrogens (tertiary/aromatic N) is 3. The molecule has 2 bridgehead atoms. The molecule has 2 aromatic rings. The minimum absolute atomic E-state index is 0.0286. The minimum atomic E-state index is -0.762. The summed E-state index contributed by atoms with van der Waals surface area (Å²) in [6, 6.07) is 8.74. The Bertz CT molecular complexity index is 1550. The van der Waals surface area contributed by atoms with Crippen molar-refractivity contribution >= 4 is 40.8 Å². The van der Waals surface area contributed by atoms with Gasteiger partial charge in [-0.3, -0.25) is 29.3 Å². The van der Waals surface area contributed by atoms with Crippen LogP contribution in [0.1, 0.15) is 18.4 Å². The summed E-state index contributed by atoms with van der Waals surface area (Å²) >= 11 is 0. The van der Waals surface area contributed by atoms with Gasteiger partial charge in [-0.05, 0) is 66.8 Å². The van der Waals surface area contributed by atoms with Crippen LogP contribution in [0.3, 0.4) is 0 Å². The Labute approximate surface area is 234 Å². The van der Waals surface area contributed by atoms with Gasteiger partial charge in [-0.2, -0.15) is 0 Å². The molecule has 2 saturated heterocycles. The van der Waals surface area contributed by atoms with Crippen molar-refractivity contribution < 1.29 is 33.6 Å². The predicted octanol–water partition coefficient (Wildman–Crippen LogP) is 3.43. The molecule has 6 aliphatic rings. The molecule has 210 valence electrons. The van der Waals surface area contributed by atoms with E-state index in [2.05, 4.69) is 12.2 Å². The van der Waals surface area contributed by atoms with Gasteiger partial charge < -0.3 is 14.4 Å². The average molecular weight is 558 g/mol. The number of amides is 3. The van der Waals surface area contributed by atoms with E-state index in [-0.39, 0.29) is 71.5 Å². The number of esters is 1.